The van der Waals surface area contributed by atoms with Crippen LogP contribution in [-0.4, -0.2) is 17.6 Å². The lowest BCUT2D eigenvalue weighted by Crippen LogP contribution is -2.01. The number of fused-ring (bicyclic) bond motifs is 1. The third-order valence-electron chi connectivity index (χ3n) is 2.27. The molecule has 0 amide bonds. The van der Waals surface area contributed by atoms with E-state index in [1.54, 1.807) is 0 Å². The molecule has 0 N–H and O–H groups in total. The van der Waals surface area contributed by atoms with Crippen LogP contribution in [0.5, 0.6) is 0 Å². The van der Waals surface area contributed by atoms with E-state index in [0.29, 0.717) is 13.0 Å². The lowest BCUT2D eigenvalue weighted by Gasteiger charge is -1.96. The number of benzene rings is 1. The topological polar surface area (TPSA) is 39.2 Å². The monoisotopic (exact) mass is 245 g/mol. The Bertz CT molecular complexity index is 409. The SMILES string of the molecule is CCCC(=O)OCC.c1ccc2ncccc2c1. The maximum Gasteiger partial charge on any atom is 0.305 e. The van der Waals surface area contributed by atoms with Gasteiger partial charge in [-0.05, 0) is 25.5 Å². The number of hydrogen-bond acceptors (Lipinski definition) is 3. The molecule has 0 saturated carbocycles. The Kier molecular flexibility index (Phi) is 6.47. The molecule has 3 nitrogen and oxygen atoms in total. The number of pyridine rings is 1. The van der Waals surface area contributed by atoms with Crippen LogP contribution in [0.25, 0.3) is 10.9 Å². The first-order chi connectivity index (χ1) is 8.77. The molecule has 2 aromatic rings. The van der Waals surface area contributed by atoms with Crippen molar-refractivity contribution in [3.8, 4) is 0 Å². The van der Waals surface area contributed by atoms with Crippen LogP contribution in [0.2, 0.25) is 0 Å². The zero-order valence-corrected chi connectivity index (χ0v) is 10.9. The summed E-state index contributed by atoms with van der Waals surface area (Å²) in [7, 11) is 0. The van der Waals surface area contributed by atoms with E-state index in [0.717, 1.165) is 11.9 Å². The maximum atomic E-state index is 10.4. The van der Waals surface area contributed by atoms with Gasteiger partial charge < -0.3 is 4.74 Å². The standard InChI is InChI=1S/C9H7N.C6H12O2/c1-2-6-9-8(4-1)5-3-7-10-9;1-3-5-6(7)8-4-2/h1-7H;3-5H2,1-2H3. The lowest BCUT2D eigenvalue weighted by molar-refractivity contribution is -0.143. The van der Waals surface area contributed by atoms with Gasteiger partial charge in [-0.25, -0.2) is 0 Å². The fraction of sp³-hybridized carbons (Fsp3) is 0.333. The molecule has 0 unspecified atom stereocenters. The summed E-state index contributed by atoms with van der Waals surface area (Å²) >= 11 is 0. The summed E-state index contributed by atoms with van der Waals surface area (Å²) in [6.07, 6.45) is 3.23. The molecule has 0 aliphatic rings. The molecule has 1 aromatic heterocycles. The Morgan fingerprint density at radius 2 is 1.89 bits per heavy atom. The number of para-hydroxylation sites is 1. The molecule has 1 heterocycles. The highest BCUT2D eigenvalue weighted by atomic mass is 16.5. The molecule has 0 bridgehead atoms. The van der Waals surface area contributed by atoms with Crippen molar-refractivity contribution in [2.45, 2.75) is 26.7 Å². The second-order valence-electron chi connectivity index (χ2n) is 3.75. The minimum Gasteiger partial charge on any atom is -0.466 e. The van der Waals surface area contributed by atoms with Crippen LogP contribution in [0.15, 0.2) is 42.6 Å². The number of ether oxygens (including phenoxy) is 1. The van der Waals surface area contributed by atoms with Gasteiger partial charge in [0.15, 0.2) is 0 Å². The molecule has 18 heavy (non-hydrogen) atoms. The van der Waals surface area contributed by atoms with Crippen LogP contribution < -0.4 is 0 Å². The Hall–Kier alpha value is -1.90. The third-order valence-corrected chi connectivity index (χ3v) is 2.27. The van der Waals surface area contributed by atoms with Gasteiger partial charge in [0.2, 0.25) is 0 Å². The van der Waals surface area contributed by atoms with Gasteiger partial charge in [-0.15, -0.1) is 0 Å². The van der Waals surface area contributed by atoms with Crippen LogP contribution in [0.3, 0.4) is 0 Å². The molecule has 0 aliphatic carbocycles. The molecule has 1 aromatic carbocycles. The summed E-state index contributed by atoms with van der Waals surface area (Å²) < 4.78 is 4.64. The quantitative estimate of drug-likeness (QED) is 0.776. The molecule has 2 rings (SSSR count). The molecular weight excluding hydrogens is 226 g/mol. The molecule has 0 atom stereocenters. The molecule has 96 valence electrons. The van der Waals surface area contributed by atoms with Crippen molar-refractivity contribution in [1.82, 2.24) is 4.98 Å². The zero-order valence-electron chi connectivity index (χ0n) is 10.9. The molecule has 0 aliphatic heterocycles. The molecular formula is C15H19NO2. The van der Waals surface area contributed by atoms with Crippen molar-refractivity contribution in [3.63, 3.8) is 0 Å². The van der Waals surface area contributed by atoms with Crippen LogP contribution in [0.1, 0.15) is 26.7 Å². The average molecular weight is 245 g/mol. The predicted molar refractivity (Wildman–Crippen MR) is 73.3 cm³/mol. The van der Waals surface area contributed by atoms with E-state index in [1.807, 2.05) is 44.3 Å². The van der Waals surface area contributed by atoms with Crippen molar-refractivity contribution in [1.29, 1.82) is 0 Å². The largest absolute Gasteiger partial charge is 0.466 e. The van der Waals surface area contributed by atoms with Gasteiger partial charge in [-0.1, -0.05) is 31.2 Å². The highest BCUT2D eigenvalue weighted by Gasteiger charge is 1.95. The summed E-state index contributed by atoms with van der Waals surface area (Å²) in [5.41, 5.74) is 1.06. The van der Waals surface area contributed by atoms with Crippen LogP contribution in [0.4, 0.5) is 0 Å². The van der Waals surface area contributed by atoms with Gasteiger partial charge in [0.25, 0.3) is 0 Å². The summed E-state index contributed by atoms with van der Waals surface area (Å²) in [6.45, 7) is 4.27. The van der Waals surface area contributed by atoms with E-state index in [9.17, 15) is 4.79 Å². The van der Waals surface area contributed by atoms with Crippen molar-refractivity contribution in [3.05, 3.63) is 42.6 Å². The maximum absolute atomic E-state index is 10.4. The predicted octanol–water partition coefficient (Wildman–Crippen LogP) is 3.58. The molecule has 3 heteroatoms. The van der Waals surface area contributed by atoms with Crippen LogP contribution >= 0.6 is 0 Å². The van der Waals surface area contributed by atoms with E-state index in [4.69, 9.17) is 0 Å². The Morgan fingerprint density at radius 3 is 2.56 bits per heavy atom. The smallest absolute Gasteiger partial charge is 0.305 e. The summed E-state index contributed by atoms with van der Waals surface area (Å²) in [5, 5.41) is 1.20. The van der Waals surface area contributed by atoms with E-state index < -0.39 is 0 Å². The van der Waals surface area contributed by atoms with Gasteiger partial charge in [-0.3, -0.25) is 9.78 Å². The first-order valence-electron chi connectivity index (χ1n) is 6.23. The number of carbonyl (C=O) groups excluding carboxylic acids is 1. The third kappa shape index (κ3) is 4.95. The first-order valence-corrected chi connectivity index (χ1v) is 6.23. The van der Waals surface area contributed by atoms with E-state index >= 15 is 0 Å². The Morgan fingerprint density at radius 1 is 1.17 bits per heavy atom. The Labute approximate surface area is 108 Å². The molecule has 0 fully saturated rings. The van der Waals surface area contributed by atoms with Gasteiger partial charge in [0.1, 0.15) is 0 Å². The van der Waals surface area contributed by atoms with Crippen molar-refractivity contribution < 1.29 is 9.53 Å². The minimum absolute atomic E-state index is 0.0880. The van der Waals surface area contributed by atoms with E-state index in [2.05, 4.69) is 21.9 Å². The molecule has 0 spiro atoms. The summed E-state index contributed by atoms with van der Waals surface area (Å²) in [5.74, 6) is -0.0880. The average Bonchev–Trinajstić information content (AvgIpc) is 2.40. The Balaban J connectivity index is 0.000000187. The van der Waals surface area contributed by atoms with Gasteiger partial charge in [0, 0.05) is 18.0 Å². The normalized spacial score (nSPS) is 9.44. The second-order valence-corrected chi connectivity index (χ2v) is 3.75. The minimum atomic E-state index is -0.0880. The summed E-state index contributed by atoms with van der Waals surface area (Å²) in [6, 6.07) is 12.1. The number of nitrogens with zero attached hydrogens (tertiary/aromatic N) is 1. The second kappa shape index (κ2) is 8.23. The van der Waals surface area contributed by atoms with Gasteiger partial charge in [0.05, 0.1) is 12.1 Å². The number of aromatic nitrogens is 1. The van der Waals surface area contributed by atoms with Gasteiger partial charge in [-0.2, -0.15) is 0 Å². The first kappa shape index (κ1) is 14.2. The molecule has 0 saturated heterocycles. The van der Waals surface area contributed by atoms with E-state index in [-0.39, 0.29) is 5.97 Å². The zero-order chi connectivity index (χ0) is 13.2. The highest BCUT2D eigenvalue weighted by Crippen LogP contribution is 2.07. The molecule has 0 radical (unpaired) electrons. The van der Waals surface area contributed by atoms with Crippen molar-refractivity contribution in [2.24, 2.45) is 0 Å². The highest BCUT2D eigenvalue weighted by molar-refractivity contribution is 5.77. The number of carbonyl (C=O) groups is 1. The van der Waals surface area contributed by atoms with Crippen molar-refractivity contribution >= 4 is 16.9 Å². The van der Waals surface area contributed by atoms with Crippen molar-refractivity contribution in [2.75, 3.05) is 6.61 Å². The fourth-order valence-electron chi connectivity index (χ4n) is 1.45. The number of hydrogen-bond donors (Lipinski definition) is 0. The van der Waals surface area contributed by atoms with Crippen LogP contribution in [-0.2, 0) is 9.53 Å². The van der Waals surface area contributed by atoms with Crippen LogP contribution in [0, 0.1) is 0 Å². The lowest BCUT2D eigenvalue weighted by atomic mass is 10.2. The number of rotatable bonds is 3. The fourth-order valence-corrected chi connectivity index (χ4v) is 1.45. The van der Waals surface area contributed by atoms with Gasteiger partial charge >= 0.3 is 5.97 Å². The van der Waals surface area contributed by atoms with E-state index in [1.165, 1.54) is 5.39 Å². The number of esters is 1. The summed E-state index contributed by atoms with van der Waals surface area (Å²) in [4.78, 5) is 14.6.